The minimum atomic E-state index is 0.500. The number of halogens is 1. The molecule has 11 heavy (non-hydrogen) atoms. The fourth-order valence-electron chi connectivity index (χ4n) is 0. The highest BCUT2D eigenvalue weighted by molar-refractivity contribution is 4.61. The molecule has 0 rings (SSSR count). The molecular weight excluding hydrogens is 139 g/mol. The van der Waals surface area contributed by atoms with Gasteiger partial charge in [0.25, 0.3) is 0 Å². The van der Waals surface area contributed by atoms with E-state index in [-0.39, 0.29) is 0 Å². The first-order chi connectivity index (χ1) is 5.33. The molecule has 0 amide bonds. The van der Waals surface area contributed by atoms with Crippen LogP contribution in [0.15, 0.2) is 25.1 Å². The molecule has 0 aliphatic rings. The standard InChI is InChI=1S/C3H5F.C3H6.2C2H6/c1-2-3-4;1-3-2;2*1-2/h2-3H,1H3;3H,1H2,2H3;2*1-2H3/b3-2+;;;. The van der Waals surface area contributed by atoms with Gasteiger partial charge >= 0.3 is 0 Å². The molecule has 0 aliphatic carbocycles. The van der Waals surface area contributed by atoms with Crippen LogP contribution in [-0.4, -0.2) is 0 Å². The number of hydrogen-bond donors (Lipinski definition) is 0. The first kappa shape index (κ1) is 22.4. The van der Waals surface area contributed by atoms with Crippen LogP contribution in [0.3, 0.4) is 0 Å². The van der Waals surface area contributed by atoms with E-state index in [1.54, 1.807) is 13.0 Å². The summed E-state index contributed by atoms with van der Waals surface area (Å²) >= 11 is 0. The Morgan fingerprint density at radius 1 is 1.00 bits per heavy atom. The smallest absolute Gasteiger partial charge is 0.0824 e. The molecule has 1 heteroatoms. The van der Waals surface area contributed by atoms with Gasteiger partial charge in [0.1, 0.15) is 0 Å². The summed E-state index contributed by atoms with van der Waals surface area (Å²) in [5.41, 5.74) is 0. The van der Waals surface area contributed by atoms with Crippen molar-refractivity contribution >= 4 is 0 Å². The van der Waals surface area contributed by atoms with Crippen molar-refractivity contribution in [3.63, 3.8) is 0 Å². The minimum Gasteiger partial charge on any atom is -0.216 e. The molecule has 0 aromatic rings. The molecule has 0 N–H and O–H groups in total. The van der Waals surface area contributed by atoms with Crippen molar-refractivity contribution in [3.8, 4) is 0 Å². The molecule has 0 heterocycles. The lowest BCUT2D eigenvalue weighted by Gasteiger charge is -1.45. The molecule has 0 radical (unpaired) electrons. The second-order valence-corrected chi connectivity index (χ2v) is 0.868. The first-order valence-electron chi connectivity index (χ1n) is 4.11. The van der Waals surface area contributed by atoms with Gasteiger partial charge in [-0.2, -0.15) is 0 Å². The summed E-state index contributed by atoms with van der Waals surface area (Å²) in [6.07, 6.45) is 3.58. The molecule has 0 unspecified atom stereocenters. The summed E-state index contributed by atoms with van der Waals surface area (Å²) in [6, 6.07) is 0. The lowest BCUT2D eigenvalue weighted by molar-refractivity contribution is 0.719. The Labute approximate surface area is 71.8 Å². The van der Waals surface area contributed by atoms with Gasteiger partial charge in [0.05, 0.1) is 6.33 Å². The van der Waals surface area contributed by atoms with E-state index in [1.165, 1.54) is 6.08 Å². The maximum absolute atomic E-state index is 10.5. The molecular formula is C10H23F. The Morgan fingerprint density at radius 2 is 1.09 bits per heavy atom. The van der Waals surface area contributed by atoms with Gasteiger partial charge in [-0.3, -0.25) is 0 Å². The fourth-order valence-corrected chi connectivity index (χ4v) is 0. The second-order valence-electron chi connectivity index (χ2n) is 0.868. The summed E-state index contributed by atoms with van der Waals surface area (Å²) in [7, 11) is 0. The van der Waals surface area contributed by atoms with Crippen LogP contribution in [0.5, 0.6) is 0 Å². The van der Waals surface area contributed by atoms with Crippen molar-refractivity contribution < 1.29 is 4.39 Å². The third-order valence-corrected chi connectivity index (χ3v) is 0.126. The lowest BCUT2D eigenvalue weighted by Crippen LogP contribution is -1.22. The van der Waals surface area contributed by atoms with Gasteiger partial charge in [0, 0.05) is 0 Å². The van der Waals surface area contributed by atoms with Crippen molar-refractivity contribution in [2.75, 3.05) is 0 Å². The van der Waals surface area contributed by atoms with E-state index in [0.29, 0.717) is 6.33 Å². The monoisotopic (exact) mass is 162 g/mol. The Bertz CT molecular complexity index is 42.8. The van der Waals surface area contributed by atoms with Crippen LogP contribution in [0, 0.1) is 0 Å². The molecule has 0 atom stereocenters. The molecule has 0 saturated carbocycles. The number of hydrogen-bond acceptors (Lipinski definition) is 0. The normalized spacial score (nSPS) is 5.73. The van der Waals surface area contributed by atoms with Gasteiger partial charge in [0.2, 0.25) is 0 Å². The van der Waals surface area contributed by atoms with E-state index in [2.05, 4.69) is 6.58 Å². The highest BCUT2D eigenvalue weighted by Crippen LogP contribution is 1.62. The summed E-state index contributed by atoms with van der Waals surface area (Å²) in [5, 5.41) is 0. The maximum Gasteiger partial charge on any atom is 0.0824 e. The van der Waals surface area contributed by atoms with Gasteiger partial charge in [0.15, 0.2) is 0 Å². The predicted molar refractivity (Wildman–Crippen MR) is 54.5 cm³/mol. The fraction of sp³-hybridized carbons (Fsp3) is 0.600. The third kappa shape index (κ3) is 3070. The summed E-state index contributed by atoms with van der Waals surface area (Å²) in [5.74, 6) is 0. The maximum atomic E-state index is 10.5. The molecule has 0 bridgehead atoms. The van der Waals surface area contributed by atoms with Crippen LogP contribution in [0.25, 0.3) is 0 Å². The first-order valence-corrected chi connectivity index (χ1v) is 4.11. The molecule has 0 nitrogen and oxygen atoms in total. The van der Waals surface area contributed by atoms with Gasteiger partial charge in [-0.05, 0) is 13.8 Å². The molecule has 0 aromatic heterocycles. The number of allylic oxidation sites excluding steroid dienone is 2. The topological polar surface area (TPSA) is 0 Å². The van der Waals surface area contributed by atoms with E-state index in [9.17, 15) is 4.39 Å². The zero-order valence-corrected chi connectivity index (χ0v) is 8.82. The highest BCUT2D eigenvalue weighted by atomic mass is 19.1. The Kier molecular flexibility index (Phi) is 234. The third-order valence-electron chi connectivity index (χ3n) is 0.126. The van der Waals surface area contributed by atoms with Crippen molar-refractivity contribution in [3.05, 3.63) is 25.1 Å². The van der Waals surface area contributed by atoms with Crippen LogP contribution >= 0.6 is 0 Å². The zero-order chi connectivity index (χ0) is 10.1. The molecule has 0 aliphatic heterocycles. The van der Waals surface area contributed by atoms with E-state index in [0.717, 1.165) is 0 Å². The molecule has 0 spiro atoms. The predicted octanol–water partition coefficient (Wildman–Crippen LogP) is 4.73. The SMILES string of the molecule is C/C=C/F.C=CC.CC.CC. The van der Waals surface area contributed by atoms with Crippen LogP contribution in [0.1, 0.15) is 41.5 Å². The Hall–Kier alpha value is -0.590. The van der Waals surface area contributed by atoms with Gasteiger partial charge in [-0.1, -0.05) is 39.8 Å². The van der Waals surface area contributed by atoms with E-state index in [1.807, 2.05) is 34.6 Å². The summed E-state index contributed by atoms with van der Waals surface area (Å²) < 4.78 is 10.5. The molecule has 0 fully saturated rings. The van der Waals surface area contributed by atoms with E-state index >= 15 is 0 Å². The van der Waals surface area contributed by atoms with Gasteiger partial charge in [-0.15, -0.1) is 6.58 Å². The van der Waals surface area contributed by atoms with Crippen LogP contribution in [0.4, 0.5) is 4.39 Å². The Morgan fingerprint density at radius 3 is 1.09 bits per heavy atom. The summed E-state index contributed by atoms with van der Waals surface area (Å²) in [4.78, 5) is 0. The molecule has 70 valence electrons. The largest absolute Gasteiger partial charge is 0.216 e. The molecule has 0 saturated heterocycles. The van der Waals surface area contributed by atoms with E-state index < -0.39 is 0 Å². The quantitative estimate of drug-likeness (QED) is 0.451. The van der Waals surface area contributed by atoms with Crippen molar-refractivity contribution in [1.82, 2.24) is 0 Å². The van der Waals surface area contributed by atoms with Gasteiger partial charge < -0.3 is 0 Å². The van der Waals surface area contributed by atoms with Crippen LogP contribution in [-0.2, 0) is 0 Å². The van der Waals surface area contributed by atoms with E-state index in [4.69, 9.17) is 0 Å². The summed E-state index contributed by atoms with van der Waals surface area (Å²) in [6.45, 7) is 14.9. The van der Waals surface area contributed by atoms with Crippen molar-refractivity contribution in [2.24, 2.45) is 0 Å². The average molecular weight is 162 g/mol. The van der Waals surface area contributed by atoms with Crippen LogP contribution < -0.4 is 0 Å². The van der Waals surface area contributed by atoms with Gasteiger partial charge in [-0.25, -0.2) is 4.39 Å². The minimum absolute atomic E-state index is 0.500. The lowest BCUT2D eigenvalue weighted by atomic mass is 10.8. The second kappa shape index (κ2) is 115. The highest BCUT2D eigenvalue weighted by Gasteiger charge is 1.38. The van der Waals surface area contributed by atoms with Crippen LogP contribution in [0.2, 0.25) is 0 Å². The van der Waals surface area contributed by atoms with Crippen molar-refractivity contribution in [1.29, 1.82) is 0 Å². The Balaban J connectivity index is -0.0000000315. The zero-order valence-electron chi connectivity index (χ0n) is 8.82. The molecule has 0 aromatic carbocycles. The number of rotatable bonds is 0. The average Bonchev–Trinajstić information content (AvgIpc) is 2.12. The van der Waals surface area contributed by atoms with Crippen molar-refractivity contribution in [2.45, 2.75) is 41.5 Å².